The highest BCUT2D eigenvalue weighted by Gasteiger charge is 2.37. The number of methoxy groups -OCH3 is 1. The van der Waals surface area contributed by atoms with E-state index in [-0.39, 0.29) is 30.3 Å². The van der Waals surface area contributed by atoms with Crippen LogP contribution in [-0.2, 0) is 42.5 Å². The molecule has 0 radical (unpaired) electrons. The van der Waals surface area contributed by atoms with Crippen molar-refractivity contribution < 1.29 is 35.9 Å². The topological polar surface area (TPSA) is 92.8 Å². The van der Waals surface area contributed by atoms with Crippen LogP contribution in [0.5, 0.6) is 0 Å². The lowest BCUT2D eigenvalue weighted by Gasteiger charge is -2.30. The van der Waals surface area contributed by atoms with Crippen molar-refractivity contribution in [1.29, 1.82) is 0 Å². The van der Waals surface area contributed by atoms with Crippen LogP contribution < -0.4 is 5.32 Å². The SMILES string of the molecule is COC(=O)CC(C)(C)c1ccc(CN(C2CCCCNC2=O)S(=O)(=O)c2ccc(C(F)(F)F)cc2)cc1. The average Bonchev–Trinajstić information content (AvgIpc) is 3.06. The van der Waals surface area contributed by atoms with Crippen molar-refractivity contribution in [2.75, 3.05) is 13.7 Å². The van der Waals surface area contributed by atoms with E-state index in [1.807, 2.05) is 13.8 Å². The lowest BCUT2D eigenvalue weighted by Crippen LogP contribution is -2.48. The molecule has 0 bridgehead atoms. The van der Waals surface area contributed by atoms with Crippen LogP contribution in [0.2, 0.25) is 0 Å². The van der Waals surface area contributed by atoms with Gasteiger partial charge in [0.1, 0.15) is 6.04 Å². The maximum absolute atomic E-state index is 13.6. The van der Waals surface area contributed by atoms with Crippen LogP contribution in [0.1, 0.15) is 56.2 Å². The summed E-state index contributed by atoms with van der Waals surface area (Å²) in [6, 6.07) is 9.27. The third-order valence-corrected chi connectivity index (χ3v) is 8.40. The van der Waals surface area contributed by atoms with E-state index in [0.717, 1.165) is 34.1 Å². The van der Waals surface area contributed by atoms with Crippen LogP contribution >= 0.6 is 0 Å². The van der Waals surface area contributed by atoms with Gasteiger partial charge in [0.15, 0.2) is 0 Å². The lowest BCUT2D eigenvalue weighted by atomic mass is 9.81. The summed E-state index contributed by atoms with van der Waals surface area (Å²) < 4.78 is 72.2. The van der Waals surface area contributed by atoms with Gasteiger partial charge in [0, 0.05) is 18.5 Å². The fraction of sp³-hybridized carbons (Fsp3) is 0.462. The van der Waals surface area contributed by atoms with Crippen molar-refractivity contribution in [2.45, 2.75) is 68.6 Å². The second-order valence-electron chi connectivity index (χ2n) is 9.71. The highest BCUT2D eigenvalue weighted by Crippen LogP contribution is 2.32. The number of esters is 1. The van der Waals surface area contributed by atoms with E-state index in [0.29, 0.717) is 24.9 Å². The summed E-state index contributed by atoms with van der Waals surface area (Å²) in [6.07, 6.45) is -2.86. The Hall–Kier alpha value is -2.92. The number of amides is 1. The number of nitrogens with zero attached hydrogens (tertiary/aromatic N) is 1. The van der Waals surface area contributed by atoms with Crippen LogP contribution in [0.15, 0.2) is 53.4 Å². The van der Waals surface area contributed by atoms with Gasteiger partial charge in [-0.2, -0.15) is 17.5 Å². The van der Waals surface area contributed by atoms with Gasteiger partial charge in [-0.1, -0.05) is 38.1 Å². The normalized spacial score (nSPS) is 17.3. The minimum atomic E-state index is -4.60. The first-order chi connectivity index (χ1) is 17.3. The van der Waals surface area contributed by atoms with Crippen molar-refractivity contribution in [3.8, 4) is 0 Å². The summed E-state index contributed by atoms with van der Waals surface area (Å²) in [6.45, 7) is 4.04. The number of hydrogen-bond donors (Lipinski definition) is 1. The van der Waals surface area contributed by atoms with Crippen molar-refractivity contribution in [3.05, 3.63) is 65.2 Å². The molecule has 1 aliphatic rings. The Labute approximate surface area is 215 Å². The maximum Gasteiger partial charge on any atom is 0.416 e. The zero-order valence-corrected chi connectivity index (χ0v) is 21.8. The van der Waals surface area contributed by atoms with E-state index in [4.69, 9.17) is 4.74 Å². The molecule has 1 aliphatic heterocycles. The highest BCUT2D eigenvalue weighted by molar-refractivity contribution is 7.89. The first kappa shape index (κ1) is 28.6. The molecular formula is C26H31F3N2O5S. The first-order valence-electron chi connectivity index (χ1n) is 11.9. The molecule has 0 spiro atoms. The Bertz CT molecular complexity index is 1210. The smallest absolute Gasteiger partial charge is 0.416 e. The highest BCUT2D eigenvalue weighted by atomic mass is 32.2. The molecule has 0 aromatic heterocycles. The van der Waals surface area contributed by atoms with E-state index in [2.05, 4.69) is 5.32 Å². The van der Waals surface area contributed by atoms with Gasteiger partial charge in [0.05, 0.1) is 24.0 Å². The molecule has 1 heterocycles. The molecule has 1 unspecified atom stereocenters. The van der Waals surface area contributed by atoms with Crippen molar-refractivity contribution in [2.24, 2.45) is 0 Å². The van der Waals surface area contributed by atoms with E-state index < -0.39 is 39.1 Å². The van der Waals surface area contributed by atoms with Gasteiger partial charge in [0.25, 0.3) is 0 Å². The number of sulfonamides is 1. The summed E-state index contributed by atoms with van der Waals surface area (Å²) in [5.41, 5.74) is -0.0646. The summed E-state index contributed by atoms with van der Waals surface area (Å²) in [5.74, 6) is -0.800. The largest absolute Gasteiger partial charge is 0.469 e. The van der Waals surface area contributed by atoms with Crippen molar-refractivity contribution in [1.82, 2.24) is 9.62 Å². The number of rotatable bonds is 8. The van der Waals surface area contributed by atoms with E-state index in [1.165, 1.54) is 7.11 Å². The van der Waals surface area contributed by atoms with E-state index in [9.17, 15) is 31.2 Å². The van der Waals surface area contributed by atoms with Gasteiger partial charge in [-0.15, -0.1) is 0 Å². The lowest BCUT2D eigenvalue weighted by molar-refractivity contribution is -0.142. The van der Waals surface area contributed by atoms with Crippen LogP contribution in [0.4, 0.5) is 13.2 Å². The van der Waals surface area contributed by atoms with Gasteiger partial charge in [-0.3, -0.25) is 9.59 Å². The summed E-state index contributed by atoms with van der Waals surface area (Å²) >= 11 is 0. The molecule has 1 atom stereocenters. The summed E-state index contributed by atoms with van der Waals surface area (Å²) in [4.78, 5) is 24.3. The number of halogens is 3. The van der Waals surface area contributed by atoms with Gasteiger partial charge in [-0.25, -0.2) is 8.42 Å². The predicted molar refractivity (Wildman–Crippen MR) is 131 cm³/mol. The quantitative estimate of drug-likeness (QED) is 0.501. The van der Waals surface area contributed by atoms with Gasteiger partial charge >= 0.3 is 12.1 Å². The molecule has 2 aromatic rings. The fourth-order valence-corrected chi connectivity index (χ4v) is 5.89. The van der Waals surface area contributed by atoms with Crippen molar-refractivity contribution in [3.63, 3.8) is 0 Å². The Morgan fingerprint density at radius 2 is 1.62 bits per heavy atom. The number of carbonyl (C=O) groups excluding carboxylic acids is 2. The molecule has 202 valence electrons. The molecule has 1 amide bonds. The first-order valence-corrected chi connectivity index (χ1v) is 13.3. The zero-order valence-electron chi connectivity index (χ0n) is 21.0. The molecule has 0 saturated carbocycles. The second kappa shape index (κ2) is 11.2. The number of alkyl halides is 3. The summed E-state index contributed by atoms with van der Waals surface area (Å²) in [7, 11) is -3.01. The Kier molecular flexibility index (Phi) is 8.69. The summed E-state index contributed by atoms with van der Waals surface area (Å²) in [5, 5.41) is 2.73. The molecule has 3 rings (SSSR count). The number of nitrogens with one attached hydrogen (secondary N) is 1. The molecular weight excluding hydrogens is 509 g/mol. The number of carbonyl (C=O) groups is 2. The molecule has 37 heavy (non-hydrogen) atoms. The van der Waals surface area contributed by atoms with Gasteiger partial charge in [-0.05, 0) is 54.7 Å². The maximum atomic E-state index is 13.6. The molecule has 0 aliphatic carbocycles. The second-order valence-corrected chi connectivity index (χ2v) is 11.6. The third kappa shape index (κ3) is 6.89. The minimum Gasteiger partial charge on any atom is -0.469 e. The predicted octanol–water partition coefficient (Wildman–Crippen LogP) is 4.41. The monoisotopic (exact) mass is 540 g/mol. The van der Waals surface area contributed by atoms with E-state index in [1.54, 1.807) is 24.3 Å². The van der Waals surface area contributed by atoms with Crippen LogP contribution in [0.3, 0.4) is 0 Å². The van der Waals surface area contributed by atoms with E-state index >= 15 is 0 Å². The minimum absolute atomic E-state index is 0.152. The van der Waals surface area contributed by atoms with Crippen LogP contribution in [-0.4, -0.2) is 44.3 Å². The molecule has 1 N–H and O–H groups in total. The average molecular weight is 541 g/mol. The van der Waals surface area contributed by atoms with Gasteiger partial charge < -0.3 is 10.1 Å². The zero-order chi connectivity index (χ0) is 27.4. The molecule has 1 fully saturated rings. The standard InChI is InChI=1S/C26H31F3N2O5S/c1-25(2,16-23(32)36-3)19-9-7-18(8-10-19)17-31(22-6-4-5-15-30-24(22)33)37(34,35)21-13-11-20(12-14-21)26(27,28)29/h7-14,22H,4-6,15-17H2,1-3H3,(H,30,33). The van der Waals surface area contributed by atoms with Crippen molar-refractivity contribution >= 4 is 21.9 Å². The van der Waals surface area contributed by atoms with Crippen LogP contribution in [0.25, 0.3) is 0 Å². The Morgan fingerprint density at radius 3 is 2.19 bits per heavy atom. The molecule has 11 heteroatoms. The molecule has 7 nitrogen and oxygen atoms in total. The Balaban J connectivity index is 1.95. The fourth-order valence-electron chi connectivity index (χ4n) is 4.29. The van der Waals surface area contributed by atoms with Gasteiger partial charge in [0.2, 0.25) is 15.9 Å². The number of benzene rings is 2. The number of ether oxygens (including phenoxy) is 1. The molecule has 1 saturated heterocycles. The Morgan fingerprint density at radius 1 is 1.03 bits per heavy atom. The van der Waals surface area contributed by atoms with Crippen LogP contribution in [0, 0.1) is 0 Å². The molecule has 2 aromatic carbocycles. The number of hydrogen-bond acceptors (Lipinski definition) is 5. The third-order valence-electron chi connectivity index (χ3n) is 6.53.